The molecule has 0 spiro atoms. The third kappa shape index (κ3) is 2.22. The second-order valence-corrected chi connectivity index (χ2v) is 3.89. The van der Waals surface area contributed by atoms with E-state index in [0.29, 0.717) is 0 Å². The van der Waals surface area contributed by atoms with Crippen LogP contribution < -0.4 is 9.47 Å². The zero-order valence-corrected chi connectivity index (χ0v) is 10.1. The maximum Gasteiger partial charge on any atom is 0.146 e. The normalized spacial score (nSPS) is 10.8. The molecule has 0 saturated heterocycles. The molecule has 0 aliphatic heterocycles. The quantitative estimate of drug-likeness (QED) is 0.834. The first kappa shape index (κ1) is 11.8. The number of aromatic amines is 1. The van der Waals surface area contributed by atoms with Gasteiger partial charge in [0, 0.05) is 24.3 Å². The summed E-state index contributed by atoms with van der Waals surface area (Å²) >= 11 is 0. The van der Waals surface area contributed by atoms with E-state index in [1.54, 1.807) is 14.2 Å². The van der Waals surface area contributed by atoms with E-state index in [9.17, 15) is 0 Å². The molecule has 2 rings (SSSR count). The Morgan fingerprint density at radius 3 is 2.71 bits per heavy atom. The molecule has 92 valence electrons. The molecule has 4 heteroatoms. The lowest BCUT2D eigenvalue weighted by molar-refractivity contribution is 0.289. The van der Waals surface area contributed by atoms with Crippen LogP contribution in [0.5, 0.6) is 11.5 Å². The maximum absolute atomic E-state index is 8.88. The third-order valence-electron chi connectivity index (χ3n) is 2.87. The fourth-order valence-corrected chi connectivity index (χ4v) is 1.98. The van der Waals surface area contributed by atoms with Crippen molar-refractivity contribution in [2.24, 2.45) is 0 Å². The van der Waals surface area contributed by atoms with E-state index < -0.39 is 0 Å². The first-order valence-corrected chi connectivity index (χ1v) is 5.63. The molecular formula is C13H17NO3. The highest BCUT2D eigenvalue weighted by Crippen LogP contribution is 2.32. The van der Waals surface area contributed by atoms with Crippen molar-refractivity contribution < 1.29 is 14.6 Å². The van der Waals surface area contributed by atoms with Gasteiger partial charge < -0.3 is 19.6 Å². The van der Waals surface area contributed by atoms with Crippen LogP contribution in [0.4, 0.5) is 0 Å². The smallest absolute Gasteiger partial charge is 0.146 e. The number of aliphatic hydroxyl groups excluding tert-OH is 1. The van der Waals surface area contributed by atoms with Crippen LogP contribution in [0.3, 0.4) is 0 Å². The summed E-state index contributed by atoms with van der Waals surface area (Å²) in [6.45, 7) is 0.202. The van der Waals surface area contributed by atoms with Crippen molar-refractivity contribution in [1.29, 1.82) is 0 Å². The molecule has 4 nitrogen and oxygen atoms in total. The summed E-state index contributed by atoms with van der Waals surface area (Å²) < 4.78 is 10.6. The number of methoxy groups -OCH3 is 2. The summed E-state index contributed by atoms with van der Waals surface area (Å²) in [6, 6.07) is 3.84. The van der Waals surface area contributed by atoms with Gasteiger partial charge in [0.2, 0.25) is 0 Å². The SMILES string of the molecule is COc1cc(OC)c2[nH]cc(CCCO)c2c1. The predicted octanol–water partition coefficient (Wildman–Crippen LogP) is 2.11. The monoisotopic (exact) mass is 235 g/mol. The molecule has 0 atom stereocenters. The van der Waals surface area contributed by atoms with Gasteiger partial charge in [-0.15, -0.1) is 0 Å². The van der Waals surface area contributed by atoms with Crippen molar-refractivity contribution in [2.75, 3.05) is 20.8 Å². The number of ether oxygens (including phenoxy) is 2. The van der Waals surface area contributed by atoms with E-state index in [2.05, 4.69) is 4.98 Å². The van der Waals surface area contributed by atoms with E-state index in [-0.39, 0.29) is 6.61 Å². The van der Waals surface area contributed by atoms with Crippen molar-refractivity contribution in [3.8, 4) is 11.5 Å². The highest BCUT2D eigenvalue weighted by Gasteiger charge is 2.10. The topological polar surface area (TPSA) is 54.5 Å². The summed E-state index contributed by atoms with van der Waals surface area (Å²) in [5.41, 5.74) is 2.15. The number of aryl methyl sites for hydroxylation is 1. The highest BCUT2D eigenvalue weighted by atomic mass is 16.5. The van der Waals surface area contributed by atoms with Crippen LogP contribution in [-0.2, 0) is 6.42 Å². The van der Waals surface area contributed by atoms with Crippen LogP contribution in [-0.4, -0.2) is 30.9 Å². The molecule has 0 amide bonds. The van der Waals surface area contributed by atoms with Crippen LogP contribution in [0.25, 0.3) is 10.9 Å². The maximum atomic E-state index is 8.88. The van der Waals surface area contributed by atoms with E-state index >= 15 is 0 Å². The number of rotatable bonds is 5. The van der Waals surface area contributed by atoms with Crippen LogP contribution >= 0.6 is 0 Å². The summed E-state index contributed by atoms with van der Waals surface area (Å²) in [6.07, 6.45) is 3.56. The Morgan fingerprint density at radius 2 is 2.06 bits per heavy atom. The molecule has 0 aliphatic rings. The number of aliphatic hydroxyl groups is 1. The molecule has 0 unspecified atom stereocenters. The lowest BCUT2D eigenvalue weighted by Gasteiger charge is -2.06. The Morgan fingerprint density at radius 1 is 1.24 bits per heavy atom. The molecular weight excluding hydrogens is 218 g/mol. The van der Waals surface area contributed by atoms with Gasteiger partial charge in [0.15, 0.2) is 0 Å². The Labute approximate surface area is 100 Å². The van der Waals surface area contributed by atoms with Crippen molar-refractivity contribution in [2.45, 2.75) is 12.8 Å². The Bertz CT molecular complexity index is 505. The van der Waals surface area contributed by atoms with Gasteiger partial charge in [-0.3, -0.25) is 0 Å². The molecule has 0 bridgehead atoms. The molecule has 17 heavy (non-hydrogen) atoms. The minimum absolute atomic E-state index is 0.202. The molecule has 2 aromatic rings. The van der Waals surface area contributed by atoms with Crippen molar-refractivity contribution in [3.05, 3.63) is 23.9 Å². The Hall–Kier alpha value is -1.68. The Balaban J connectivity index is 2.50. The predicted molar refractivity (Wildman–Crippen MR) is 66.8 cm³/mol. The third-order valence-corrected chi connectivity index (χ3v) is 2.87. The number of hydrogen-bond acceptors (Lipinski definition) is 3. The second-order valence-electron chi connectivity index (χ2n) is 3.89. The van der Waals surface area contributed by atoms with Crippen LogP contribution in [0.1, 0.15) is 12.0 Å². The fourth-order valence-electron chi connectivity index (χ4n) is 1.98. The first-order chi connectivity index (χ1) is 8.30. The fraction of sp³-hybridized carbons (Fsp3) is 0.385. The lowest BCUT2D eigenvalue weighted by atomic mass is 10.1. The number of nitrogens with one attached hydrogen (secondary N) is 1. The summed E-state index contributed by atoms with van der Waals surface area (Å²) in [4.78, 5) is 3.21. The van der Waals surface area contributed by atoms with Crippen molar-refractivity contribution >= 4 is 10.9 Å². The van der Waals surface area contributed by atoms with Crippen molar-refractivity contribution in [1.82, 2.24) is 4.98 Å². The van der Waals surface area contributed by atoms with Gasteiger partial charge in [-0.1, -0.05) is 0 Å². The van der Waals surface area contributed by atoms with E-state index in [1.165, 1.54) is 5.56 Å². The lowest BCUT2D eigenvalue weighted by Crippen LogP contribution is -1.90. The zero-order valence-electron chi connectivity index (χ0n) is 10.1. The van der Waals surface area contributed by atoms with Crippen LogP contribution in [0, 0.1) is 0 Å². The van der Waals surface area contributed by atoms with E-state index in [0.717, 1.165) is 35.2 Å². The first-order valence-electron chi connectivity index (χ1n) is 5.63. The average molecular weight is 235 g/mol. The summed E-state index contributed by atoms with van der Waals surface area (Å²) in [5.74, 6) is 1.55. The van der Waals surface area contributed by atoms with Gasteiger partial charge in [-0.05, 0) is 24.5 Å². The van der Waals surface area contributed by atoms with E-state index in [1.807, 2.05) is 18.3 Å². The van der Waals surface area contributed by atoms with Crippen LogP contribution in [0.2, 0.25) is 0 Å². The molecule has 0 fully saturated rings. The standard InChI is InChI=1S/C13H17NO3/c1-16-10-6-11-9(4-3-5-15)8-14-13(11)12(7-10)17-2/h6-8,14-15H,3-5H2,1-2H3. The highest BCUT2D eigenvalue weighted by molar-refractivity contribution is 5.90. The largest absolute Gasteiger partial charge is 0.497 e. The number of fused-ring (bicyclic) bond motifs is 1. The summed E-state index contributed by atoms with van der Waals surface area (Å²) in [7, 11) is 3.28. The zero-order chi connectivity index (χ0) is 12.3. The number of aromatic nitrogens is 1. The molecule has 1 aromatic heterocycles. The molecule has 0 radical (unpaired) electrons. The van der Waals surface area contributed by atoms with E-state index in [4.69, 9.17) is 14.6 Å². The number of benzene rings is 1. The van der Waals surface area contributed by atoms with Gasteiger partial charge in [-0.25, -0.2) is 0 Å². The minimum atomic E-state index is 0.202. The molecule has 0 saturated carbocycles. The van der Waals surface area contributed by atoms with Gasteiger partial charge >= 0.3 is 0 Å². The molecule has 1 heterocycles. The summed E-state index contributed by atoms with van der Waals surface area (Å²) in [5, 5.41) is 9.97. The minimum Gasteiger partial charge on any atom is -0.497 e. The van der Waals surface area contributed by atoms with Gasteiger partial charge in [0.1, 0.15) is 11.5 Å². The average Bonchev–Trinajstić information content (AvgIpc) is 2.78. The second kappa shape index (κ2) is 5.10. The van der Waals surface area contributed by atoms with Crippen molar-refractivity contribution in [3.63, 3.8) is 0 Å². The van der Waals surface area contributed by atoms with Gasteiger partial charge in [-0.2, -0.15) is 0 Å². The number of H-pyrrole nitrogens is 1. The van der Waals surface area contributed by atoms with Crippen LogP contribution in [0.15, 0.2) is 18.3 Å². The molecule has 2 N–H and O–H groups in total. The van der Waals surface area contributed by atoms with Gasteiger partial charge in [0.25, 0.3) is 0 Å². The Kier molecular flexibility index (Phi) is 3.54. The molecule has 1 aromatic carbocycles. The number of hydrogen-bond donors (Lipinski definition) is 2. The molecule has 0 aliphatic carbocycles. The van der Waals surface area contributed by atoms with Gasteiger partial charge in [0.05, 0.1) is 19.7 Å².